The Balaban J connectivity index is 0. The fraction of sp³-hybridized carbons (Fsp3) is 0.444. The Labute approximate surface area is 118 Å². The Morgan fingerprint density at radius 1 is 0.952 bits per heavy atom. The van der Waals surface area contributed by atoms with Gasteiger partial charge in [-0.2, -0.15) is 0 Å². The molecule has 0 aromatic carbocycles. The molecule has 1 unspecified atom stereocenters. The number of amides is 4. The lowest BCUT2D eigenvalue weighted by molar-refractivity contribution is -0.139. The number of nitrogens with one attached hydrogen (secondary N) is 3. The summed E-state index contributed by atoms with van der Waals surface area (Å²) in [6.45, 7) is -1.36. The van der Waals surface area contributed by atoms with E-state index in [0.717, 1.165) is 0 Å². The first-order valence-electron chi connectivity index (χ1n) is 5.26. The third-order valence-corrected chi connectivity index (χ3v) is 1.87. The van der Waals surface area contributed by atoms with Gasteiger partial charge in [0.2, 0.25) is 11.8 Å². The van der Waals surface area contributed by atoms with Gasteiger partial charge in [0.05, 0.1) is 6.42 Å². The van der Waals surface area contributed by atoms with Gasteiger partial charge in [-0.25, -0.2) is 4.79 Å². The topological polar surface area (TPSA) is 219 Å². The molecule has 0 aliphatic rings. The van der Waals surface area contributed by atoms with Crippen molar-refractivity contribution >= 4 is 29.8 Å². The van der Waals surface area contributed by atoms with Gasteiger partial charge in [0.15, 0.2) is 0 Å². The summed E-state index contributed by atoms with van der Waals surface area (Å²) in [7, 11) is 0. The summed E-state index contributed by atoms with van der Waals surface area (Å²) >= 11 is 0. The van der Waals surface area contributed by atoms with Gasteiger partial charge >= 0.3 is 18.0 Å². The van der Waals surface area contributed by atoms with Crippen LogP contribution in [0.5, 0.6) is 0 Å². The van der Waals surface area contributed by atoms with Gasteiger partial charge in [-0.15, -0.1) is 0 Å². The van der Waals surface area contributed by atoms with Gasteiger partial charge in [0.25, 0.3) is 0 Å². The van der Waals surface area contributed by atoms with Crippen LogP contribution < -0.4 is 21.7 Å². The van der Waals surface area contributed by atoms with Crippen LogP contribution in [-0.4, -0.2) is 64.6 Å². The molecule has 0 aliphatic heterocycles. The minimum atomic E-state index is -1.40. The lowest BCUT2D eigenvalue weighted by Crippen LogP contribution is -2.51. The first-order chi connectivity index (χ1) is 9.22. The van der Waals surface area contributed by atoms with Crippen LogP contribution in [0.25, 0.3) is 0 Å². The SMILES string of the molecule is NC(=O)NC(CC(=O)NCC(=O)O)C(=O)NCC(=O)O.O. The highest BCUT2D eigenvalue weighted by atomic mass is 16.4. The zero-order valence-corrected chi connectivity index (χ0v) is 10.7. The maximum Gasteiger partial charge on any atom is 0.322 e. The molecule has 12 heteroatoms. The second kappa shape index (κ2) is 9.96. The molecule has 21 heavy (non-hydrogen) atoms. The van der Waals surface area contributed by atoms with Gasteiger partial charge in [-0.05, 0) is 0 Å². The van der Waals surface area contributed by atoms with Gasteiger partial charge in [-0.1, -0.05) is 0 Å². The number of nitrogens with two attached hydrogens (primary N) is 1. The summed E-state index contributed by atoms with van der Waals surface area (Å²) in [4.78, 5) is 54.0. The first-order valence-corrected chi connectivity index (χ1v) is 5.26. The average molecular weight is 308 g/mol. The van der Waals surface area contributed by atoms with E-state index in [4.69, 9.17) is 15.9 Å². The molecule has 12 nitrogen and oxygen atoms in total. The van der Waals surface area contributed by atoms with Crippen LogP contribution in [-0.2, 0) is 19.2 Å². The molecule has 0 aromatic rings. The zero-order valence-electron chi connectivity index (χ0n) is 10.7. The van der Waals surface area contributed by atoms with Gasteiger partial charge < -0.3 is 37.4 Å². The first kappa shape index (κ1) is 20.4. The van der Waals surface area contributed by atoms with E-state index in [2.05, 4.69) is 0 Å². The maximum atomic E-state index is 11.5. The number of aliphatic carboxylic acids is 2. The van der Waals surface area contributed by atoms with Crippen LogP contribution in [0.3, 0.4) is 0 Å². The van der Waals surface area contributed by atoms with Crippen molar-refractivity contribution in [1.29, 1.82) is 0 Å². The fourth-order valence-electron chi connectivity index (χ4n) is 1.10. The van der Waals surface area contributed by atoms with Gasteiger partial charge in [0.1, 0.15) is 19.1 Å². The van der Waals surface area contributed by atoms with Crippen molar-refractivity contribution in [2.75, 3.05) is 13.1 Å². The van der Waals surface area contributed by atoms with E-state index in [-0.39, 0.29) is 5.48 Å². The molecule has 1 atom stereocenters. The Kier molecular flexibility index (Phi) is 9.69. The summed E-state index contributed by atoms with van der Waals surface area (Å²) in [6, 6.07) is -2.49. The molecular formula is C9H16N4O8. The molecule has 0 rings (SSSR count). The van der Waals surface area contributed by atoms with Gasteiger partial charge in [-0.3, -0.25) is 19.2 Å². The van der Waals surface area contributed by atoms with Gasteiger partial charge in [0, 0.05) is 0 Å². The second-order valence-electron chi connectivity index (χ2n) is 3.55. The van der Waals surface area contributed by atoms with Crippen molar-refractivity contribution in [3.63, 3.8) is 0 Å². The van der Waals surface area contributed by atoms with E-state index < -0.39 is 55.3 Å². The third-order valence-electron chi connectivity index (χ3n) is 1.87. The van der Waals surface area contributed by atoms with Crippen molar-refractivity contribution in [1.82, 2.24) is 16.0 Å². The highest BCUT2D eigenvalue weighted by Crippen LogP contribution is 1.93. The van der Waals surface area contributed by atoms with Crippen LogP contribution in [0.2, 0.25) is 0 Å². The summed E-state index contributed by atoms with van der Waals surface area (Å²) in [5.74, 6) is -4.35. The summed E-state index contributed by atoms with van der Waals surface area (Å²) in [5, 5.41) is 22.6. The average Bonchev–Trinajstić information content (AvgIpc) is 2.32. The lowest BCUT2D eigenvalue weighted by Gasteiger charge is -2.16. The summed E-state index contributed by atoms with van der Waals surface area (Å²) in [5.41, 5.74) is 4.81. The zero-order chi connectivity index (χ0) is 15.7. The number of carboxylic acids is 2. The number of urea groups is 1. The number of primary amides is 1. The number of carbonyl (C=O) groups is 5. The standard InChI is InChI=1S/C9H14N4O7.H2O/c10-9(20)13-4(8(19)12-3-7(17)18)1-5(14)11-2-6(15)16;/h4H,1-3H2,(H,11,14)(H,12,19)(H,15,16)(H,17,18)(H3,10,13,20);1H2. The van der Waals surface area contributed by atoms with Crippen LogP contribution >= 0.6 is 0 Å². The smallest absolute Gasteiger partial charge is 0.322 e. The van der Waals surface area contributed by atoms with E-state index in [1.165, 1.54) is 0 Å². The van der Waals surface area contributed by atoms with E-state index in [1.807, 2.05) is 16.0 Å². The summed E-state index contributed by atoms with van der Waals surface area (Å²) < 4.78 is 0. The van der Waals surface area contributed by atoms with Crippen LogP contribution in [0, 0.1) is 0 Å². The van der Waals surface area contributed by atoms with Crippen molar-refractivity contribution in [2.45, 2.75) is 12.5 Å². The normalized spacial score (nSPS) is 10.5. The van der Waals surface area contributed by atoms with Crippen molar-refractivity contribution in [3.05, 3.63) is 0 Å². The minimum Gasteiger partial charge on any atom is -0.480 e. The van der Waals surface area contributed by atoms with Crippen molar-refractivity contribution in [2.24, 2.45) is 5.73 Å². The number of hydrogen-bond donors (Lipinski definition) is 6. The predicted octanol–water partition coefficient (Wildman–Crippen LogP) is -4.01. The molecule has 0 bridgehead atoms. The molecule has 9 N–H and O–H groups in total. The Hall–Kier alpha value is -2.89. The predicted molar refractivity (Wildman–Crippen MR) is 66.0 cm³/mol. The van der Waals surface area contributed by atoms with Crippen LogP contribution in [0.4, 0.5) is 4.79 Å². The molecular weight excluding hydrogens is 292 g/mol. The summed E-state index contributed by atoms with van der Waals surface area (Å²) in [6.07, 6.45) is -0.582. The third kappa shape index (κ3) is 10.7. The molecule has 0 fully saturated rings. The second-order valence-corrected chi connectivity index (χ2v) is 3.55. The largest absolute Gasteiger partial charge is 0.480 e. The molecule has 4 amide bonds. The Morgan fingerprint density at radius 3 is 1.86 bits per heavy atom. The number of carbonyl (C=O) groups excluding carboxylic acids is 3. The molecule has 0 aromatic heterocycles. The Bertz CT molecular complexity index is 424. The molecule has 0 aliphatic carbocycles. The fourth-order valence-corrected chi connectivity index (χ4v) is 1.10. The quantitative estimate of drug-likeness (QED) is 0.260. The van der Waals surface area contributed by atoms with E-state index in [1.54, 1.807) is 0 Å². The lowest BCUT2D eigenvalue weighted by atomic mass is 10.2. The molecule has 0 saturated heterocycles. The molecule has 0 saturated carbocycles. The monoisotopic (exact) mass is 308 g/mol. The van der Waals surface area contributed by atoms with Crippen LogP contribution in [0.15, 0.2) is 0 Å². The number of carboxylic acid groups (broad SMARTS) is 2. The molecule has 120 valence electrons. The molecule has 0 radical (unpaired) electrons. The minimum absolute atomic E-state index is 0. The highest BCUT2D eigenvalue weighted by molar-refractivity contribution is 5.93. The van der Waals surface area contributed by atoms with E-state index >= 15 is 0 Å². The maximum absolute atomic E-state index is 11.5. The molecule has 0 spiro atoms. The number of rotatable bonds is 8. The molecule has 0 heterocycles. The highest BCUT2D eigenvalue weighted by Gasteiger charge is 2.23. The number of hydrogen-bond acceptors (Lipinski definition) is 5. The van der Waals surface area contributed by atoms with Crippen molar-refractivity contribution in [3.8, 4) is 0 Å². The van der Waals surface area contributed by atoms with E-state index in [0.29, 0.717) is 0 Å². The van der Waals surface area contributed by atoms with E-state index in [9.17, 15) is 24.0 Å². The Morgan fingerprint density at radius 2 is 1.43 bits per heavy atom. The van der Waals surface area contributed by atoms with Crippen LogP contribution in [0.1, 0.15) is 6.42 Å². The van der Waals surface area contributed by atoms with Crippen molar-refractivity contribution < 1.29 is 39.7 Å².